The number of aromatic nitrogens is 2. The van der Waals surface area contributed by atoms with Crippen LogP contribution in [0.5, 0.6) is 0 Å². The van der Waals surface area contributed by atoms with Crippen LogP contribution in [0.25, 0.3) is 11.0 Å². The number of aromatic amines is 1. The molecule has 1 unspecified atom stereocenters. The van der Waals surface area contributed by atoms with E-state index < -0.39 is 0 Å². The monoisotopic (exact) mass is 256 g/mol. The van der Waals surface area contributed by atoms with Crippen molar-refractivity contribution in [1.29, 1.82) is 0 Å². The van der Waals surface area contributed by atoms with E-state index in [0.717, 1.165) is 42.7 Å². The van der Waals surface area contributed by atoms with Crippen LogP contribution in [0.15, 0.2) is 18.5 Å². The fourth-order valence-electron chi connectivity index (χ4n) is 3.20. The lowest BCUT2D eigenvalue weighted by Crippen LogP contribution is -2.37. The van der Waals surface area contributed by atoms with Gasteiger partial charge in [0.2, 0.25) is 0 Å². The van der Waals surface area contributed by atoms with E-state index in [0.29, 0.717) is 12.5 Å². The van der Waals surface area contributed by atoms with Gasteiger partial charge in [0, 0.05) is 30.9 Å². The van der Waals surface area contributed by atoms with Gasteiger partial charge in [-0.3, -0.25) is 4.79 Å². The largest absolute Gasteiger partial charge is 0.346 e. The molecule has 19 heavy (non-hydrogen) atoms. The van der Waals surface area contributed by atoms with Crippen molar-refractivity contribution in [3.8, 4) is 0 Å². The van der Waals surface area contributed by atoms with Gasteiger partial charge in [0.15, 0.2) is 0 Å². The van der Waals surface area contributed by atoms with E-state index in [1.165, 1.54) is 5.56 Å². The summed E-state index contributed by atoms with van der Waals surface area (Å²) in [6.07, 6.45) is 4.85. The molecule has 0 radical (unpaired) electrons. The van der Waals surface area contributed by atoms with Crippen LogP contribution in [0.4, 0.5) is 0 Å². The molecule has 4 rings (SSSR count). The van der Waals surface area contributed by atoms with Crippen molar-refractivity contribution in [3.63, 3.8) is 0 Å². The molecule has 1 saturated heterocycles. The molecule has 2 N–H and O–H groups in total. The molecular formula is C14H16N4O. The van der Waals surface area contributed by atoms with Gasteiger partial charge in [-0.2, -0.15) is 0 Å². The Morgan fingerprint density at radius 1 is 1.47 bits per heavy atom. The van der Waals surface area contributed by atoms with Gasteiger partial charge < -0.3 is 15.2 Å². The summed E-state index contributed by atoms with van der Waals surface area (Å²) in [7, 11) is 0. The quantitative estimate of drug-likeness (QED) is 0.846. The standard InChI is InChI=1S/C14H16N4O/c19-14-11-2-4-16-13-12(11)10(6-17-13)8-18(14)7-9-1-3-15-5-9/h2,4,6,9,15H,1,3,5,7-8H2,(H,16,17). The summed E-state index contributed by atoms with van der Waals surface area (Å²) < 4.78 is 0. The second-order valence-corrected chi connectivity index (χ2v) is 5.44. The maximum Gasteiger partial charge on any atom is 0.254 e. The minimum atomic E-state index is 0.145. The van der Waals surface area contributed by atoms with Crippen molar-refractivity contribution < 1.29 is 4.79 Å². The second-order valence-electron chi connectivity index (χ2n) is 5.44. The molecule has 5 nitrogen and oxygen atoms in total. The van der Waals surface area contributed by atoms with Crippen LogP contribution in [0.1, 0.15) is 22.3 Å². The van der Waals surface area contributed by atoms with Crippen molar-refractivity contribution in [2.24, 2.45) is 5.92 Å². The Morgan fingerprint density at radius 3 is 3.26 bits per heavy atom. The summed E-state index contributed by atoms with van der Waals surface area (Å²) in [5, 5.41) is 4.36. The fourth-order valence-corrected chi connectivity index (χ4v) is 3.20. The Labute approximate surface area is 111 Å². The van der Waals surface area contributed by atoms with E-state index in [4.69, 9.17) is 0 Å². The van der Waals surface area contributed by atoms with E-state index in [-0.39, 0.29) is 5.91 Å². The lowest BCUT2D eigenvalue weighted by molar-refractivity contribution is 0.0713. The number of hydrogen-bond acceptors (Lipinski definition) is 3. The molecule has 2 aromatic rings. The predicted molar refractivity (Wildman–Crippen MR) is 71.8 cm³/mol. The van der Waals surface area contributed by atoms with Gasteiger partial charge >= 0.3 is 0 Å². The first-order valence-corrected chi connectivity index (χ1v) is 6.78. The molecular weight excluding hydrogens is 240 g/mol. The Kier molecular flexibility index (Phi) is 2.35. The average molecular weight is 256 g/mol. The summed E-state index contributed by atoms with van der Waals surface area (Å²) >= 11 is 0. The molecule has 0 spiro atoms. The first-order chi connectivity index (χ1) is 9.33. The maximum absolute atomic E-state index is 12.6. The molecule has 0 aliphatic carbocycles. The number of nitrogens with zero attached hydrogens (tertiary/aromatic N) is 2. The van der Waals surface area contributed by atoms with Crippen molar-refractivity contribution in [2.45, 2.75) is 13.0 Å². The van der Waals surface area contributed by atoms with Crippen molar-refractivity contribution in [3.05, 3.63) is 29.6 Å². The van der Waals surface area contributed by atoms with Crippen LogP contribution in [0.2, 0.25) is 0 Å². The van der Waals surface area contributed by atoms with Gasteiger partial charge in [0.05, 0.1) is 5.56 Å². The first kappa shape index (κ1) is 11.0. The molecule has 98 valence electrons. The highest BCUT2D eigenvalue weighted by Gasteiger charge is 2.29. The number of hydrogen-bond donors (Lipinski definition) is 2. The minimum absolute atomic E-state index is 0.145. The zero-order chi connectivity index (χ0) is 12.8. The topological polar surface area (TPSA) is 61.0 Å². The number of nitrogens with one attached hydrogen (secondary N) is 2. The highest BCUT2D eigenvalue weighted by atomic mass is 16.2. The van der Waals surface area contributed by atoms with E-state index in [1.54, 1.807) is 6.20 Å². The molecule has 1 atom stereocenters. The lowest BCUT2D eigenvalue weighted by atomic mass is 10.0. The second kappa shape index (κ2) is 4.06. The van der Waals surface area contributed by atoms with Gasteiger partial charge in [0.1, 0.15) is 5.65 Å². The van der Waals surface area contributed by atoms with E-state index >= 15 is 0 Å². The Morgan fingerprint density at radius 2 is 2.42 bits per heavy atom. The predicted octanol–water partition coefficient (Wildman–Crippen LogP) is 1.13. The molecule has 1 fully saturated rings. The van der Waals surface area contributed by atoms with Crippen molar-refractivity contribution >= 4 is 16.9 Å². The van der Waals surface area contributed by atoms with E-state index in [9.17, 15) is 4.79 Å². The highest BCUT2D eigenvalue weighted by Crippen LogP contribution is 2.29. The zero-order valence-corrected chi connectivity index (χ0v) is 10.6. The van der Waals surface area contributed by atoms with E-state index in [2.05, 4.69) is 15.3 Å². The maximum atomic E-state index is 12.6. The Hall–Kier alpha value is -1.88. The number of rotatable bonds is 2. The SMILES string of the molecule is O=C1c2ccnc3[nH]cc(c23)CN1CC1CCNC1. The number of amides is 1. The van der Waals surface area contributed by atoms with Crippen LogP contribution in [-0.2, 0) is 6.54 Å². The molecule has 0 saturated carbocycles. The smallest absolute Gasteiger partial charge is 0.254 e. The van der Waals surface area contributed by atoms with Crippen LogP contribution in [0.3, 0.4) is 0 Å². The van der Waals surface area contributed by atoms with Gasteiger partial charge in [-0.15, -0.1) is 0 Å². The lowest BCUT2D eigenvalue weighted by Gasteiger charge is -2.29. The van der Waals surface area contributed by atoms with Gasteiger partial charge in [-0.05, 0) is 37.1 Å². The summed E-state index contributed by atoms with van der Waals surface area (Å²) in [6.45, 7) is 3.64. The number of H-pyrrole nitrogens is 1. The van der Waals surface area contributed by atoms with Gasteiger partial charge in [0.25, 0.3) is 5.91 Å². The van der Waals surface area contributed by atoms with Gasteiger partial charge in [-0.1, -0.05) is 0 Å². The summed E-state index contributed by atoms with van der Waals surface area (Å²) in [5.74, 6) is 0.730. The molecule has 2 aliphatic heterocycles. The van der Waals surface area contributed by atoms with Gasteiger partial charge in [-0.25, -0.2) is 4.98 Å². The number of carbonyl (C=O) groups is 1. The summed E-state index contributed by atoms with van der Waals surface area (Å²) in [6, 6.07) is 1.83. The van der Waals surface area contributed by atoms with Crippen LogP contribution < -0.4 is 5.32 Å². The molecule has 5 heteroatoms. The Bertz CT molecular complexity index is 642. The first-order valence-electron chi connectivity index (χ1n) is 6.78. The van der Waals surface area contributed by atoms with Crippen molar-refractivity contribution in [1.82, 2.24) is 20.2 Å². The number of carbonyl (C=O) groups excluding carboxylic acids is 1. The molecule has 4 heterocycles. The summed E-state index contributed by atoms with van der Waals surface area (Å²) in [4.78, 5) is 22.0. The molecule has 2 aromatic heterocycles. The van der Waals surface area contributed by atoms with Crippen LogP contribution >= 0.6 is 0 Å². The highest BCUT2D eigenvalue weighted by molar-refractivity contribution is 6.08. The van der Waals surface area contributed by atoms with Crippen LogP contribution in [0, 0.1) is 5.92 Å². The minimum Gasteiger partial charge on any atom is -0.346 e. The summed E-state index contributed by atoms with van der Waals surface area (Å²) in [5.41, 5.74) is 2.80. The third-order valence-corrected chi connectivity index (χ3v) is 4.17. The average Bonchev–Trinajstić information content (AvgIpc) is 3.06. The van der Waals surface area contributed by atoms with Crippen molar-refractivity contribution in [2.75, 3.05) is 19.6 Å². The van der Waals surface area contributed by atoms with E-state index in [1.807, 2.05) is 17.2 Å². The van der Waals surface area contributed by atoms with Crippen LogP contribution in [-0.4, -0.2) is 40.4 Å². The molecule has 1 amide bonds. The molecule has 0 aromatic carbocycles. The molecule has 0 bridgehead atoms. The normalized spacial score (nSPS) is 22.4. The fraction of sp³-hybridized carbons (Fsp3) is 0.429. The zero-order valence-electron chi connectivity index (χ0n) is 10.6. The molecule has 2 aliphatic rings. The number of pyridine rings is 1. The Balaban J connectivity index is 1.69. The third-order valence-electron chi connectivity index (χ3n) is 4.17. The third kappa shape index (κ3) is 1.65.